The summed E-state index contributed by atoms with van der Waals surface area (Å²) in [7, 11) is 0. The zero-order valence-corrected chi connectivity index (χ0v) is 10.3. The molecule has 0 aliphatic rings. The third-order valence-electron chi connectivity index (χ3n) is 1.95. The Bertz CT molecular complexity index is 478. The molecule has 0 aliphatic carbocycles. The SMILES string of the molecule is CC(Nc1ncc(C(F)(F)F)s1)c1nccs1. The quantitative estimate of drug-likeness (QED) is 0.928. The molecule has 0 aromatic carbocycles. The molecule has 0 spiro atoms. The average molecular weight is 279 g/mol. The van der Waals surface area contributed by atoms with E-state index in [9.17, 15) is 13.2 Å². The van der Waals surface area contributed by atoms with Crippen LogP contribution in [0.3, 0.4) is 0 Å². The van der Waals surface area contributed by atoms with Crippen molar-refractivity contribution in [2.24, 2.45) is 0 Å². The molecule has 1 atom stereocenters. The summed E-state index contributed by atoms with van der Waals surface area (Å²) in [4.78, 5) is 7.07. The fourth-order valence-electron chi connectivity index (χ4n) is 1.17. The Labute approximate surface area is 103 Å². The van der Waals surface area contributed by atoms with E-state index in [0.717, 1.165) is 11.2 Å². The summed E-state index contributed by atoms with van der Waals surface area (Å²) in [6, 6.07) is -0.151. The van der Waals surface area contributed by atoms with Crippen molar-refractivity contribution < 1.29 is 13.2 Å². The maximum Gasteiger partial charge on any atom is 0.427 e. The van der Waals surface area contributed by atoms with Crippen molar-refractivity contribution in [1.82, 2.24) is 9.97 Å². The van der Waals surface area contributed by atoms with Crippen LogP contribution in [0.4, 0.5) is 18.3 Å². The number of alkyl halides is 3. The predicted octanol–water partition coefficient (Wildman–Crippen LogP) is 3.79. The molecule has 92 valence electrons. The van der Waals surface area contributed by atoms with E-state index in [4.69, 9.17) is 0 Å². The molecule has 1 N–H and O–H groups in total. The molecule has 8 heteroatoms. The Morgan fingerprint density at radius 2 is 2.12 bits per heavy atom. The molecule has 0 amide bonds. The number of aromatic nitrogens is 2. The minimum absolute atomic E-state index is 0.151. The lowest BCUT2D eigenvalue weighted by molar-refractivity contribution is -0.134. The lowest BCUT2D eigenvalue weighted by atomic mass is 10.4. The number of anilines is 1. The molecule has 0 aliphatic heterocycles. The lowest BCUT2D eigenvalue weighted by Crippen LogP contribution is -2.05. The standard InChI is InChI=1S/C9H8F3N3S2/c1-5(7-13-2-3-16-7)15-8-14-4-6(17-8)9(10,11)12/h2-5H,1H3,(H,14,15). The molecule has 2 aromatic heterocycles. The van der Waals surface area contributed by atoms with E-state index in [2.05, 4.69) is 15.3 Å². The molecule has 17 heavy (non-hydrogen) atoms. The highest BCUT2D eigenvalue weighted by molar-refractivity contribution is 7.15. The number of hydrogen-bond donors (Lipinski definition) is 1. The maximum atomic E-state index is 12.3. The molecule has 0 fully saturated rings. The van der Waals surface area contributed by atoms with Gasteiger partial charge in [0.2, 0.25) is 0 Å². The number of nitrogens with one attached hydrogen (secondary N) is 1. The van der Waals surface area contributed by atoms with Crippen LogP contribution >= 0.6 is 22.7 Å². The van der Waals surface area contributed by atoms with Crippen LogP contribution in [0.1, 0.15) is 22.9 Å². The van der Waals surface area contributed by atoms with Crippen LogP contribution in [0.25, 0.3) is 0 Å². The minimum Gasteiger partial charge on any atom is -0.353 e. The molecule has 0 saturated carbocycles. The molecule has 0 radical (unpaired) electrons. The summed E-state index contributed by atoms with van der Waals surface area (Å²) in [5, 5.41) is 5.77. The smallest absolute Gasteiger partial charge is 0.353 e. The number of halogens is 3. The average Bonchev–Trinajstić information content (AvgIpc) is 2.85. The van der Waals surface area contributed by atoms with E-state index < -0.39 is 11.1 Å². The van der Waals surface area contributed by atoms with Gasteiger partial charge in [-0.05, 0) is 6.92 Å². The largest absolute Gasteiger partial charge is 0.427 e. The molecular weight excluding hydrogens is 271 g/mol. The van der Waals surface area contributed by atoms with Crippen LogP contribution in [0.5, 0.6) is 0 Å². The van der Waals surface area contributed by atoms with E-state index in [1.165, 1.54) is 11.3 Å². The van der Waals surface area contributed by atoms with Gasteiger partial charge >= 0.3 is 6.18 Å². The summed E-state index contributed by atoms with van der Waals surface area (Å²) in [6.07, 6.45) is -1.84. The normalized spacial score (nSPS) is 13.6. The first-order valence-electron chi connectivity index (χ1n) is 4.66. The second-order valence-electron chi connectivity index (χ2n) is 3.26. The third-order valence-corrected chi connectivity index (χ3v) is 3.88. The highest BCUT2D eigenvalue weighted by atomic mass is 32.1. The van der Waals surface area contributed by atoms with E-state index in [0.29, 0.717) is 11.3 Å². The van der Waals surface area contributed by atoms with Gasteiger partial charge in [-0.3, -0.25) is 0 Å². The van der Waals surface area contributed by atoms with Crippen molar-refractivity contribution in [3.8, 4) is 0 Å². The summed E-state index contributed by atoms with van der Waals surface area (Å²) in [5.41, 5.74) is 0. The third kappa shape index (κ3) is 2.95. The van der Waals surface area contributed by atoms with Crippen LogP contribution in [-0.4, -0.2) is 9.97 Å². The first-order chi connectivity index (χ1) is 7.97. The second kappa shape index (κ2) is 4.61. The zero-order valence-electron chi connectivity index (χ0n) is 8.65. The molecule has 0 bridgehead atoms. The fourth-order valence-corrected chi connectivity index (χ4v) is 2.58. The Morgan fingerprint density at radius 3 is 2.65 bits per heavy atom. The maximum absolute atomic E-state index is 12.3. The number of nitrogens with zero attached hydrogens (tertiary/aromatic N) is 2. The summed E-state index contributed by atoms with van der Waals surface area (Å²) in [5.74, 6) is 0. The van der Waals surface area contributed by atoms with E-state index in [1.807, 2.05) is 12.3 Å². The Hall–Kier alpha value is -1.15. The van der Waals surface area contributed by atoms with Gasteiger partial charge in [-0.25, -0.2) is 9.97 Å². The molecule has 2 aromatic rings. The topological polar surface area (TPSA) is 37.8 Å². The molecule has 2 heterocycles. The van der Waals surface area contributed by atoms with Gasteiger partial charge in [-0.15, -0.1) is 11.3 Å². The van der Waals surface area contributed by atoms with Crippen LogP contribution in [0.15, 0.2) is 17.8 Å². The predicted molar refractivity (Wildman–Crippen MR) is 61.3 cm³/mol. The first-order valence-corrected chi connectivity index (χ1v) is 6.35. The van der Waals surface area contributed by atoms with Gasteiger partial charge in [0.05, 0.1) is 12.2 Å². The van der Waals surface area contributed by atoms with Crippen LogP contribution < -0.4 is 5.32 Å². The van der Waals surface area contributed by atoms with Crippen molar-refractivity contribution in [2.45, 2.75) is 19.1 Å². The Morgan fingerprint density at radius 1 is 1.35 bits per heavy atom. The van der Waals surface area contributed by atoms with Gasteiger partial charge in [0.15, 0.2) is 5.13 Å². The van der Waals surface area contributed by atoms with Crippen molar-refractivity contribution in [2.75, 3.05) is 5.32 Å². The van der Waals surface area contributed by atoms with E-state index in [-0.39, 0.29) is 11.2 Å². The van der Waals surface area contributed by atoms with Crippen LogP contribution in [0.2, 0.25) is 0 Å². The molecule has 1 unspecified atom stereocenters. The van der Waals surface area contributed by atoms with Crippen LogP contribution in [-0.2, 0) is 6.18 Å². The van der Waals surface area contributed by atoms with Gasteiger partial charge < -0.3 is 5.32 Å². The van der Waals surface area contributed by atoms with E-state index >= 15 is 0 Å². The summed E-state index contributed by atoms with van der Waals surface area (Å²) in [6.45, 7) is 1.83. The van der Waals surface area contributed by atoms with Gasteiger partial charge in [0.1, 0.15) is 9.88 Å². The lowest BCUT2D eigenvalue weighted by Gasteiger charge is -2.08. The molecule has 0 saturated heterocycles. The van der Waals surface area contributed by atoms with Crippen molar-refractivity contribution in [3.05, 3.63) is 27.7 Å². The van der Waals surface area contributed by atoms with Crippen molar-refractivity contribution in [3.63, 3.8) is 0 Å². The molecular formula is C9H8F3N3S2. The Balaban J connectivity index is 2.07. The van der Waals surface area contributed by atoms with Crippen molar-refractivity contribution >= 4 is 27.8 Å². The summed E-state index contributed by atoms with van der Waals surface area (Å²) < 4.78 is 37.0. The number of thiazole rings is 2. The molecule has 2 rings (SSSR count). The van der Waals surface area contributed by atoms with Gasteiger partial charge in [-0.2, -0.15) is 13.2 Å². The highest BCUT2D eigenvalue weighted by Gasteiger charge is 2.33. The summed E-state index contributed by atoms with van der Waals surface area (Å²) >= 11 is 2.04. The number of rotatable bonds is 3. The van der Waals surface area contributed by atoms with Gasteiger partial charge in [0.25, 0.3) is 0 Å². The number of hydrogen-bond acceptors (Lipinski definition) is 5. The van der Waals surface area contributed by atoms with Crippen LogP contribution in [0, 0.1) is 0 Å². The first kappa shape index (κ1) is 12.3. The zero-order chi connectivity index (χ0) is 12.5. The fraction of sp³-hybridized carbons (Fsp3) is 0.333. The van der Waals surface area contributed by atoms with Gasteiger partial charge in [-0.1, -0.05) is 11.3 Å². The highest BCUT2D eigenvalue weighted by Crippen LogP contribution is 2.35. The monoisotopic (exact) mass is 279 g/mol. The minimum atomic E-state index is -4.33. The Kier molecular flexibility index (Phi) is 3.34. The van der Waals surface area contributed by atoms with Gasteiger partial charge in [0, 0.05) is 11.6 Å². The molecule has 3 nitrogen and oxygen atoms in total. The van der Waals surface area contributed by atoms with Crippen molar-refractivity contribution in [1.29, 1.82) is 0 Å². The second-order valence-corrected chi connectivity index (χ2v) is 5.22. The van der Waals surface area contributed by atoms with E-state index in [1.54, 1.807) is 6.20 Å².